The topological polar surface area (TPSA) is 130 Å². The quantitative estimate of drug-likeness (QED) is 0.273. The molecule has 0 saturated heterocycles. The van der Waals surface area contributed by atoms with Crippen LogP contribution in [-0.4, -0.2) is 42.9 Å². The molecule has 0 atom stereocenters. The van der Waals surface area contributed by atoms with E-state index in [9.17, 15) is 19.7 Å². The van der Waals surface area contributed by atoms with E-state index in [2.05, 4.69) is 15.1 Å². The SMILES string of the molecule is Cc1ccc(C(=O)COC(=O)Cc2c(C)nc3ncnn3c2C)cc1[N+](=O)[O-]. The number of ether oxygens (including phenoxy) is 1. The van der Waals surface area contributed by atoms with Crippen LogP contribution in [0.15, 0.2) is 24.5 Å². The number of ketones is 1. The predicted molar refractivity (Wildman–Crippen MR) is 97.1 cm³/mol. The van der Waals surface area contributed by atoms with Crippen molar-refractivity contribution < 1.29 is 19.2 Å². The first-order chi connectivity index (χ1) is 13.3. The molecule has 28 heavy (non-hydrogen) atoms. The number of esters is 1. The number of aryl methyl sites for hydroxylation is 3. The lowest BCUT2D eigenvalue weighted by atomic mass is 10.1. The second kappa shape index (κ2) is 7.51. The second-order valence-electron chi connectivity index (χ2n) is 6.25. The van der Waals surface area contributed by atoms with E-state index >= 15 is 0 Å². The fourth-order valence-corrected chi connectivity index (χ4v) is 2.82. The zero-order chi connectivity index (χ0) is 20.4. The van der Waals surface area contributed by atoms with Crippen LogP contribution in [0, 0.1) is 30.9 Å². The van der Waals surface area contributed by atoms with Crippen molar-refractivity contribution in [3.63, 3.8) is 0 Å². The van der Waals surface area contributed by atoms with Crippen molar-refractivity contribution in [2.75, 3.05) is 6.61 Å². The molecule has 0 unspecified atom stereocenters. The molecule has 0 aliphatic rings. The summed E-state index contributed by atoms with van der Waals surface area (Å²) in [6.07, 6.45) is 1.29. The molecule has 10 nitrogen and oxygen atoms in total. The minimum absolute atomic E-state index is 0.0816. The van der Waals surface area contributed by atoms with Gasteiger partial charge in [0.25, 0.3) is 11.5 Å². The van der Waals surface area contributed by atoms with E-state index < -0.39 is 23.3 Å². The fraction of sp³-hybridized carbons (Fsp3) is 0.278. The molecule has 3 rings (SSSR count). The van der Waals surface area contributed by atoms with E-state index in [1.807, 2.05) is 0 Å². The average molecular weight is 383 g/mol. The van der Waals surface area contributed by atoms with Gasteiger partial charge >= 0.3 is 5.97 Å². The Morgan fingerprint density at radius 3 is 2.71 bits per heavy atom. The number of carbonyl (C=O) groups is 2. The third kappa shape index (κ3) is 3.70. The number of nitro benzene ring substituents is 1. The van der Waals surface area contributed by atoms with Gasteiger partial charge in [0.05, 0.1) is 11.3 Å². The number of benzene rings is 1. The molecular formula is C18H17N5O5. The maximum Gasteiger partial charge on any atom is 0.310 e. The van der Waals surface area contributed by atoms with Crippen LogP contribution in [0.25, 0.3) is 5.78 Å². The number of hydrogen-bond acceptors (Lipinski definition) is 8. The first-order valence-corrected chi connectivity index (χ1v) is 8.37. The standard InChI is InChI=1S/C18H17N5O5/c1-10-4-5-13(6-15(10)23(26)27)16(24)8-28-17(25)7-14-11(2)21-18-19-9-20-22(18)12(14)3/h4-6,9H,7-8H2,1-3H3. The molecule has 3 aromatic rings. The number of hydrogen-bond donors (Lipinski definition) is 0. The molecule has 1 aromatic carbocycles. The molecule has 0 bridgehead atoms. The monoisotopic (exact) mass is 383 g/mol. The molecule has 0 radical (unpaired) electrons. The Morgan fingerprint density at radius 1 is 1.25 bits per heavy atom. The molecule has 0 saturated carbocycles. The molecule has 0 amide bonds. The van der Waals surface area contributed by atoms with Gasteiger partial charge in [-0.3, -0.25) is 19.7 Å². The fourth-order valence-electron chi connectivity index (χ4n) is 2.82. The van der Waals surface area contributed by atoms with Crippen LogP contribution in [0.2, 0.25) is 0 Å². The summed E-state index contributed by atoms with van der Waals surface area (Å²) in [6.45, 7) is 4.61. The number of nitro groups is 1. The van der Waals surface area contributed by atoms with E-state index in [0.29, 0.717) is 28.3 Å². The van der Waals surface area contributed by atoms with E-state index in [0.717, 1.165) is 0 Å². The molecule has 10 heteroatoms. The minimum Gasteiger partial charge on any atom is -0.457 e. The molecule has 144 valence electrons. The smallest absolute Gasteiger partial charge is 0.310 e. The van der Waals surface area contributed by atoms with Crippen LogP contribution in [-0.2, 0) is 16.0 Å². The molecular weight excluding hydrogens is 366 g/mol. The van der Waals surface area contributed by atoms with Gasteiger partial charge < -0.3 is 4.74 Å². The Balaban J connectivity index is 1.69. The van der Waals surface area contributed by atoms with E-state index in [-0.39, 0.29) is 17.7 Å². The van der Waals surface area contributed by atoms with Gasteiger partial charge in [0.1, 0.15) is 6.33 Å². The van der Waals surface area contributed by atoms with Crippen molar-refractivity contribution in [2.24, 2.45) is 0 Å². The van der Waals surface area contributed by atoms with Gasteiger partial charge in [-0.1, -0.05) is 12.1 Å². The summed E-state index contributed by atoms with van der Waals surface area (Å²) in [5, 5.41) is 15.0. The van der Waals surface area contributed by atoms with Crippen molar-refractivity contribution >= 4 is 23.2 Å². The summed E-state index contributed by atoms with van der Waals surface area (Å²) >= 11 is 0. The van der Waals surface area contributed by atoms with E-state index in [1.54, 1.807) is 20.8 Å². The van der Waals surface area contributed by atoms with Gasteiger partial charge in [-0.25, -0.2) is 9.50 Å². The van der Waals surface area contributed by atoms with Gasteiger partial charge in [0, 0.05) is 34.1 Å². The van der Waals surface area contributed by atoms with Crippen LogP contribution >= 0.6 is 0 Å². The van der Waals surface area contributed by atoms with Crippen molar-refractivity contribution in [1.29, 1.82) is 0 Å². The number of Topliss-reactive ketones (excluding diaryl/α,β-unsaturated/α-hetero) is 1. The number of carbonyl (C=O) groups excluding carboxylic acids is 2. The molecule has 0 spiro atoms. The molecule has 0 aliphatic heterocycles. The van der Waals surface area contributed by atoms with Crippen LogP contribution in [0.1, 0.15) is 32.9 Å². The first kappa shape index (κ1) is 19.1. The third-order valence-electron chi connectivity index (χ3n) is 4.40. The lowest BCUT2D eigenvalue weighted by Crippen LogP contribution is -2.18. The number of nitrogens with zero attached hydrogens (tertiary/aromatic N) is 5. The Hall–Kier alpha value is -3.69. The van der Waals surface area contributed by atoms with Crippen LogP contribution in [0.5, 0.6) is 0 Å². The highest BCUT2D eigenvalue weighted by Crippen LogP contribution is 2.20. The maximum absolute atomic E-state index is 12.2. The van der Waals surface area contributed by atoms with Gasteiger partial charge in [-0.2, -0.15) is 10.1 Å². The Labute approximate surface area is 159 Å². The lowest BCUT2D eigenvalue weighted by molar-refractivity contribution is -0.385. The normalized spacial score (nSPS) is 10.8. The Morgan fingerprint density at radius 2 is 2.00 bits per heavy atom. The molecule has 0 fully saturated rings. The highest BCUT2D eigenvalue weighted by atomic mass is 16.6. The third-order valence-corrected chi connectivity index (χ3v) is 4.40. The van der Waals surface area contributed by atoms with Crippen LogP contribution in [0.4, 0.5) is 5.69 Å². The average Bonchev–Trinajstić information content (AvgIpc) is 3.11. The number of aromatic nitrogens is 4. The minimum atomic E-state index is -0.609. The summed E-state index contributed by atoms with van der Waals surface area (Å²) in [6, 6.07) is 4.14. The largest absolute Gasteiger partial charge is 0.457 e. The molecule has 2 heterocycles. The molecule has 2 aromatic heterocycles. The van der Waals surface area contributed by atoms with Crippen molar-refractivity contribution in [3.8, 4) is 0 Å². The van der Waals surface area contributed by atoms with Crippen LogP contribution < -0.4 is 0 Å². The van der Waals surface area contributed by atoms with Crippen molar-refractivity contribution in [3.05, 3.63) is 62.7 Å². The van der Waals surface area contributed by atoms with Gasteiger partial charge in [-0.05, 0) is 20.8 Å². The predicted octanol–water partition coefficient (Wildman–Crippen LogP) is 1.93. The van der Waals surface area contributed by atoms with Crippen molar-refractivity contribution in [1.82, 2.24) is 19.6 Å². The number of fused-ring (bicyclic) bond motifs is 1. The Kier molecular flexibility index (Phi) is 5.12. The number of rotatable bonds is 6. The van der Waals surface area contributed by atoms with Gasteiger partial charge in [-0.15, -0.1) is 0 Å². The summed E-state index contributed by atoms with van der Waals surface area (Å²) in [5.41, 5.74) is 2.37. The van der Waals surface area contributed by atoms with Gasteiger partial charge in [0.2, 0.25) is 5.78 Å². The summed E-state index contributed by atoms with van der Waals surface area (Å²) < 4.78 is 6.58. The molecule has 0 aliphatic carbocycles. The summed E-state index contributed by atoms with van der Waals surface area (Å²) in [5.74, 6) is -0.694. The molecule has 0 N–H and O–H groups in total. The van der Waals surface area contributed by atoms with E-state index in [1.165, 1.54) is 29.0 Å². The first-order valence-electron chi connectivity index (χ1n) is 8.37. The zero-order valence-electron chi connectivity index (χ0n) is 15.5. The lowest BCUT2D eigenvalue weighted by Gasteiger charge is -2.10. The maximum atomic E-state index is 12.2. The van der Waals surface area contributed by atoms with Gasteiger partial charge in [0.15, 0.2) is 6.61 Å². The van der Waals surface area contributed by atoms with Crippen molar-refractivity contribution in [2.45, 2.75) is 27.2 Å². The second-order valence-corrected chi connectivity index (χ2v) is 6.25. The Bertz CT molecular complexity index is 1110. The zero-order valence-corrected chi connectivity index (χ0v) is 15.5. The highest BCUT2D eigenvalue weighted by Gasteiger charge is 2.18. The summed E-state index contributed by atoms with van der Waals surface area (Å²) in [7, 11) is 0. The van der Waals surface area contributed by atoms with Crippen LogP contribution in [0.3, 0.4) is 0 Å². The highest BCUT2D eigenvalue weighted by molar-refractivity contribution is 5.98. The summed E-state index contributed by atoms with van der Waals surface area (Å²) in [4.78, 5) is 43.2. The van der Waals surface area contributed by atoms with E-state index in [4.69, 9.17) is 4.74 Å².